The van der Waals surface area contributed by atoms with Gasteiger partial charge in [-0.25, -0.2) is 14.9 Å². The van der Waals surface area contributed by atoms with Crippen LogP contribution in [0, 0.1) is 5.92 Å². The number of rotatable bonds is 5. The molecule has 0 radical (unpaired) electrons. The van der Waals surface area contributed by atoms with Crippen LogP contribution in [0.3, 0.4) is 0 Å². The van der Waals surface area contributed by atoms with E-state index in [1.807, 2.05) is 0 Å². The summed E-state index contributed by atoms with van der Waals surface area (Å²) in [6.07, 6.45) is 2.98. The van der Waals surface area contributed by atoms with Gasteiger partial charge in [-0.05, 0) is 12.8 Å². The standard InChI is InChI=1S/C17H24N6O3S/c1-22-14(20-21-16(22)25)4-5-18-15(24)11-2-3-13-12(10-11)19-17(27-13)23-6-8-26-9-7-23/h11H,2-10H2,1H3,(H,18,24)(H,21,25). The molecular weight excluding hydrogens is 368 g/mol. The quantitative estimate of drug-likeness (QED) is 0.734. The number of amides is 1. The van der Waals surface area contributed by atoms with Gasteiger partial charge in [0, 0.05) is 50.3 Å². The van der Waals surface area contributed by atoms with Crippen LogP contribution in [0.15, 0.2) is 4.79 Å². The van der Waals surface area contributed by atoms with E-state index in [-0.39, 0.29) is 17.5 Å². The maximum Gasteiger partial charge on any atom is 0.343 e. The average Bonchev–Trinajstić information content (AvgIpc) is 3.26. The van der Waals surface area contributed by atoms with E-state index in [0.29, 0.717) is 25.2 Å². The second-order valence-corrected chi connectivity index (χ2v) is 8.01. The van der Waals surface area contributed by atoms with Crippen molar-refractivity contribution in [2.75, 3.05) is 37.7 Å². The topological polar surface area (TPSA) is 105 Å². The number of aromatic amines is 1. The zero-order valence-corrected chi connectivity index (χ0v) is 16.2. The number of carbonyl (C=O) groups excluding carboxylic acids is 1. The lowest BCUT2D eigenvalue weighted by Crippen LogP contribution is -2.36. The third kappa shape index (κ3) is 3.91. The molecule has 2 aromatic heterocycles. The number of morpholine rings is 1. The summed E-state index contributed by atoms with van der Waals surface area (Å²) in [6.45, 7) is 3.72. The summed E-state index contributed by atoms with van der Waals surface area (Å²) in [5.74, 6) is 0.656. The third-order valence-corrected chi connectivity index (χ3v) is 6.42. The Morgan fingerprint density at radius 2 is 2.22 bits per heavy atom. The van der Waals surface area contributed by atoms with E-state index in [0.717, 1.165) is 50.0 Å². The molecule has 27 heavy (non-hydrogen) atoms. The smallest absolute Gasteiger partial charge is 0.343 e. The molecule has 1 amide bonds. The molecule has 1 saturated heterocycles. The number of ether oxygens (including phenoxy) is 1. The second-order valence-electron chi connectivity index (χ2n) is 6.95. The Morgan fingerprint density at radius 1 is 1.41 bits per heavy atom. The molecule has 0 aromatic carbocycles. The number of hydrogen-bond acceptors (Lipinski definition) is 7. The first kappa shape index (κ1) is 18.2. The second kappa shape index (κ2) is 7.81. The van der Waals surface area contributed by atoms with Crippen LogP contribution in [0.25, 0.3) is 0 Å². The Balaban J connectivity index is 1.32. The molecule has 2 N–H and O–H groups in total. The minimum absolute atomic E-state index is 0.0415. The van der Waals surface area contributed by atoms with Crippen LogP contribution in [-0.4, -0.2) is 58.5 Å². The van der Waals surface area contributed by atoms with E-state index in [4.69, 9.17) is 9.72 Å². The molecular formula is C17H24N6O3S. The molecule has 1 unspecified atom stereocenters. The fraction of sp³-hybridized carbons (Fsp3) is 0.647. The molecule has 1 aliphatic carbocycles. The van der Waals surface area contributed by atoms with Gasteiger partial charge in [-0.15, -0.1) is 11.3 Å². The Morgan fingerprint density at radius 3 is 2.96 bits per heavy atom. The molecule has 0 spiro atoms. The largest absolute Gasteiger partial charge is 0.378 e. The summed E-state index contributed by atoms with van der Waals surface area (Å²) in [5.41, 5.74) is 0.832. The lowest BCUT2D eigenvalue weighted by Gasteiger charge is -2.26. The number of aryl methyl sites for hydroxylation is 1. The van der Waals surface area contributed by atoms with E-state index in [9.17, 15) is 9.59 Å². The Bertz CT molecular complexity index is 866. The molecule has 0 saturated carbocycles. The SMILES string of the molecule is Cn1c(CCNC(=O)C2CCc3sc(N4CCOCC4)nc3C2)n[nH]c1=O. The normalized spacial score (nSPS) is 19.7. The highest BCUT2D eigenvalue weighted by Crippen LogP contribution is 2.34. The van der Waals surface area contributed by atoms with E-state index >= 15 is 0 Å². The summed E-state index contributed by atoms with van der Waals surface area (Å²) in [5, 5.41) is 10.4. The van der Waals surface area contributed by atoms with Crippen LogP contribution in [-0.2, 0) is 35.8 Å². The van der Waals surface area contributed by atoms with E-state index in [1.54, 1.807) is 18.4 Å². The van der Waals surface area contributed by atoms with Gasteiger partial charge in [0.25, 0.3) is 0 Å². The predicted molar refractivity (Wildman–Crippen MR) is 101 cm³/mol. The number of hydrogen-bond donors (Lipinski definition) is 2. The lowest BCUT2D eigenvalue weighted by molar-refractivity contribution is -0.125. The fourth-order valence-corrected chi connectivity index (χ4v) is 4.68. The first-order valence-corrected chi connectivity index (χ1v) is 10.1. The molecule has 146 valence electrons. The lowest BCUT2D eigenvalue weighted by atomic mass is 9.90. The van der Waals surface area contributed by atoms with Gasteiger partial charge in [0.2, 0.25) is 5.91 Å². The van der Waals surface area contributed by atoms with Crippen molar-refractivity contribution in [3.05, 3.63) is 26.9 Å². The number of nitrogens with one attached hydrogen (secondary N) is 2. The maximum atomic E-state index is 12.5. The number of H-pyrrole nitrogens is 1. The monoisotopic (exact) mass is 392 g/mol. The van der Waals surface area contributed by atoms with E-state index in [2.05, 4.69) is 20.4 Å². The van der Waals surface area contributed by atoms with Crippen molar-refractivity contribution < 1.29 is 9.53 Å². The third-order valence-electron chi connectivity index (χ3n) is 5.20. The zero-order valence-electron chi connectivity index (χ0n) is 15.4. The van der Waals surface area contributed by atoms with Gasteiger partial charge in [0.05, 0.1) is 18.9 Å². The molecule has 2 aliphatic rings. The molecule has 4 rings (SSSR count). The van der Waals surface area contributed by atoms with Gasteiger partial charge in [0.1, 0.15) is 5.82 Å². The minimum atomic E-state index is -0.240. The molecule has 9 nitrogen and oxygen atoms in total. The molecule has 10 heteroatoms. The summed E-state index contributed by atoms with van der Waals surface area (Å²) < 4.78 is 6.87. The number of fused-ring (bicyclic) bond motifs is 1. The fourth-order valence-electron chi connectivity index (χ4n) is 3.52. The van der Waals surface area contributed by atoms with Crippen molar-refractivity contribution >= 4 is 22.4 Å². The van der Waals surface area contributed by atoms with Crippen LogP contribution in [0.4, 0.5) is 5.13 Å². The van der Waals surface area contributed by atoms with Gasteiger partial charge in [-0.2, -0.15) is 5.10 Å². The number of anilines is 1. The molecule has 3 heterocycles. The number of thiazole rings is 1. The Hall–Kier alpha value is -2.20. The van der Waals surface area contributed by atoms with Gasteiger partial charge in [-0.3, -0.25) is 9.36 Å². The molecule has 1 aliphatic heterocycles. The average molecular weight is 392 g/mol. The van der Waals surface area contributed by atoms with Crippen LogP contribution in [0.1, 0.15) is 22.8 Å². The van der Waals surface area contributed by atoms with Crippen molar-refractivity contribution in [1.82, 2.24) is 25.1 Å². The first-order chi connectivity index (χ1) is 13.1. The van der Waals surface area contributed by atoms with Crippen LogP contribution >= 0.6 is 11.3 Å². The highest BCUT2D eigenvalue weighted by atomic mass is 32.1. The molecule has 2 aromatic rings. The van der Waals surface area contributed by atoms with Crippen LogP contribution in [0.5, 0.6) is 0 Å². The number of aromatic nitrogens is 4. The van der Waals surface area contributed by atoms with Crippen molar-refractivity contribution in [3.63, 3.8) is 0 Å². The van der Waals surface area contributed by atoms with Crippen molar-refractivity contribution in [2.24, 2.45) is 13.0 Å². The van der Waals surface area contributed by atoms with Gasteiger partial charge < -0.3 is 15.0 Å². The number of nitrogens with zero attached hydrogens (tertiary/aromatic N) is 4. The van der Waals surface area contributed by atoms with Crippen LogP contribution < -0.4 is 15.9 Å². The maximum absolute atomic E-state index is 12.5. The van der Waals surface area contributed by atoms with Gasteiger partial charge in [0.15, 0.2) is 5.13 Å². The van der Waals surface area contributed by atoms with Gasteiger partial charge >= 0.3 is 5.69 Å². The van der Waals surface area contributed by atoms with Crippen molar-refractivity contribution in [1.29, 1.82) is 0 Å². The summed E-state index contributed by atoms with van der Waals surface area (Å²) in [6, 6.07) is 0. The summed E-state index contributed by atoms with van der Waals surface area (Å²) in [4.78, 5) is 32.3. The van der Waals surface area contributed by atoms with Crippen molar-refractivity contribution in [3.8, 4) is 0 Å². The minimum Gasteiger partial charge on any atom is -0.378 e. The molecule has 1 fully saturated rings. The summed E-state index contributed by atoms with van der Waals surface area (Å²) >= 11 is 1.76. The predicted octanol–water partition coefficient (Wildman–Crippen LogP) is -0.135. The van der Waals surface area contributed by atoms with E-state index in [1.165, 1.54) is 9.44 Å². The van der Waals surface area contributed by atoms with Crippen molar-refractivity contribution in [2.45, 2.75) is 25.7 Å². The Labute approximate surface area is 160 Å². The molecule has 0 bridgehead atoms. The Kier molecular flexibility index (Phi) is 5.26. The van der Waals surface area contributed by atoms with E-state index < -0.39 is 0 Å². The molecule has 1 atom stereocenters. The summed E-state index contributed by atoms with van der Waals surface area (Å²) in [7, 11) is 1.67. The number of carbonyl (C=O) groups is 1. The zero-order chi connectivity index (χ0) is 18.8. The highest BCUT2D eigenvalue weighted by Gasteiger charge is 2.28. The van der Waals surface area contributed by atoms with Gasteiger partial charge in [-0.1, -0.05) is 0 Å². The van der Waals surface area contributed by atoms with Crippen LogP contribution in [0.2, 0.25) is 0 Å². The highest BCUT2D eigenvalue weighted by molar-refractivity contribution is 7.15. The first-order valence-electron chi connectivity index (χ1n) is 9.31.